The first-order valence-corrected chi connectivity index (χ1v) is 7.79. The predicted molar refractivity (Wildman–Crippen MR) is 87.3 cm³/mol. The fourth-order valence-electron chi connectivity index (χ4n) is 2.16. The number of hydrogen-bond donors (Lipinski definition) is 2. The maximum absolute atomic E-state index is 12.3. The number of benzene rings is 1. The van der Waals surface area contributed by atoms with Gasteiger partial charge in [0, 0.05) is 12.2 Å². The molecule has 1 aromatic heterocycles. The summed E-state index contributed by atoms with van der Waals surface area (Å²) in [6.07, 6.45) is 1.00. The van der Waals surface area contributed by atoms with Crippen molar-refractivity contribution in [1.82, 2.24) is 10.2 Å². The summed E-state index contributed by atoms with van der Waals surface area (Å²) in [5.41, 5.74) is 4.14. The Morgan fingerprint density at radius 2 is 1.86 bits per heavy atom. The number of carbonyl (C=O) groups is 1. The Morgan fingerprint density at radius 3 is 2.48 bits per heavy atom. The van der Waals surface area contributed by atoms with E-state index in [1.165, 1.54) is 16.9 Å². The molecule has 2 rings (SSSR count). The minimum Gasteiger partial charge on any atom is -0.360 e. The second-order valence-electron chi connectivity index (χ2n) is 5.07. The lowest BCUT2D eigenvalue weighted by atomic mass is 10.1. The molecule has 112 valence electrons. The summed E-state index contributed by atoms with van der Waals surface area (Å²) in [5, 5.41) is 15.0. The molecular weight excluding hydrogens is 284 g/mol. The summed E-state index contributed by atoms with van der Waals surface area (Å²) in [5.74, 6) is -0.216. The van der Waals surface area contributed by atoms with Crippen LogP contribution in [0, 0.1) is 20.8 Å². The molecule has 0 aliphatic rings. The van der Waals surface area contributed by atoms with Gasteiger partial charge in [0.1, 0.15) is 0 Å². The Kier molecular flexibility index (Phi) is 4.90. The molecule has 0 bridgehead atoms. The summed E-state index contributed by atoms with van der Waals surface area (Å²) in [6.45, 7) is 8.92. The van der Waals surface area contributed by atoms with E-state index >= 15 is 0 Å². The van der Waals surface area contributed by atoms with Crippen LogP contribution in [0.15, 0.2) is 12.1 Å². The number of amides is 1. The van der Waals surface area contributed by atoms with Crippen molar-refractivity contribution in [2.75, 3.05) is 17.2 Å². The van der Waals surface area contributed by atoms with E-state index < -0.39 is 0 Å². The predicted octanol–water partition coefficient (Wildman–Crippen LogP) is 3.54. The molecule has 0 unspecified atom stereocenters. The highest BCUT2D eigenvalue weighted by Gasteiger charge is 2.15. The molecule has 2 N–H and O–H groups in total. The number of rotatable bonds is 5. The third-order valence-corrected chi connectivity index (χ3v) is 3.94. The summed E-state index contributed by atoms with van der Waals surface area (Å²) in [6, 6.07) is 4.11. The van der Waals surface area contributed by atoms with Gasteiger partial charge < -0.3 is 10.6 Å². The van der Waals surface area contributed by atoms with Crippen LogP contribution in [0.5, 0.6) is 0 Å². The maximum Gasteiger partial charge on any atom is 0.286 e. The largest absolute Gasteiger partial charge is 0.360 e. The van der Waals surface area contributed by atoms with Crippen LogP contribution >= 0.6 is 11.3 Å². The van der Waals surface area contributed by atoms with Gasteiger partial charge in [0.25, 0.3) is 5.91 Å². The Labute approximate surface area is 128 Å². The fourth-order valence-corrected chi connectivity index (χ4v) is 2.83. The lowest BCUT2D eigenvalue weighted by Gasteiger charge is -2.11. The van der Waals surface area contributed by atoms with Gasteiger partial charge in [0.2, 0.25) is 10.1 Å². The minimum atomic E-state index is -0.216. The van der Waals surface area contributed by atoms with Gasteiger partial charge in [-0.3, -0.25) is 4.79 Å². The molecular formula is C15H20N4OS. The topological polar surface area (TPSA) is 66.9 Å². The van der Waals surface area contributed by atoms with E-state index in [0.717, 1.165) is 29.8 Å². The van der Waals surface area contributed by atoms with Crippen molar-refractivity contribution in [3.05, 3.63) is 33.8 Å². The summed E-state index contributed by atoms with van der Waals surface area (Å²) in [4.78, 5) is 12.3. The van der Waals surface area contributed by atoms with Crippen LogP contribution in [0.4, 0.5) is 10.8 Å². The number of nitrogens with zero attached hydrogens (tertiary/aromatic N) is 2. The number of aromatic nitrogens is 2. The Balaban J connectivity index is 2.13. The molecule has 0 atom stereocenters. The molecule has 21 heavy (non-hydrogen) atoms. The molecule has 0 saturated heterocycles. The summed E-state index contributed by atoms with van der Waals surface area (Å²) in [7, 11) is 0. The molecule has 0 fully saturated rings. The van der Waals surface area contributed by atoms with Crippen molar-refractivity contribution < 1.29 is 4.79 Å². The van der Waals surface area contributed by atoms with Crippen molar-refractivity contribution in [1.29, 1.82) is 0 Å². The van der Waals surface area contributed by atoms with Gasteiger partial charge in [0.15, 0.2) is 0 Å². The number of aryl methyl sites for hydroxylation is 3. The molecule has 1 amide bonds. The van der Waals surface area contributed by atoms with E-state index in [2.05, 4.69) is 39.9 Å². The van der Waals surface area contributed by atoms with Crippen LogP contribution in [-0.4, -0.2) is 22.6 Å². The van der Waals surface area contributed by atoms with Crippen molar-refractivity contribution in [2.45, 2.75) is 34.1 Å². The average molecular weight is 304 g/mol. The van der Waals surface area contributed by atoms with Crippen LogP contribution in [-0.2, 0) is 0 Å². The molecule has 0 spiro atoms. The number of carbonyl (C=O) groups excluding carboxylic acids is 1. The number of anilines is 2. The molecule has 0 aliphatic heterocycles. The average Bonchev–Trinajstić information content (AvgIpc) is 2.89. The Morgan fingerprint density at radius 1 is 1.19 bits per heavy atom. The number of nitrogens with one attached hydrogen (secondary N) is 2. The maximum atomic E-state index is 12.3. The lowest BCUT2D eigenvalue weighted by Crippen LogP contribution is -2.13. The van der Waals surface area contributed by atoms with E-state index in [1.807, 2.05) is 20.8 Å². The zero-order valence-corrected chi connectivity index (χ0v) is 13.6. The highest BCUT2D eigenvalue weighted by Crippen LogP contribution is 2.23. The van der Waals surface area contributed by atoms with Gasteiger partial charge >= 0.3 is 0 Å². The van der Waals surface area contributed by atoms with Crippen LogP contribution in [0.2, 0.25) is 0 Å². The number of hydrogen-bond acceptors (Lipinski definition) is 5. The highest BCUT2D eigenvalue weighted by molar-refractivity contribution is 7.17. The molecule has 6 heteroatoms. The van der Waals surface area contributed by atoms with Crippen LogP contribution < -0.4 is 10.6 Å². The smallest absolute Gasteiger partial charge is 0.286 e. The first-order valence-electron chi connectivity index (χ1n) is 6.97. The molecule has 1 heterocycles. The van der Waals surface area contributed by atoms with Gasteiger partial charge in [-0.2, -0.15) is 0 Å². The quantitative estimate of drug-likeness (QED) is 0.886. The normalized spacial score (nSPS) is 10.5. The molecule has 5 nitrogen and oxygen atoms in total. The minimum absolute atomic E-state index is 0.216. The third kappa shape index (κ3) is 3.78. The van der Waals surface area contributed by atoms with Crippen molar-refractivity contribution >= 4 is 28.1 Å². The van der Waals surface area contributed by atoms with E-state index in [9.17, 15) is 4.79 Å². The first kappa shape index (κ1) is 15.4. The molecule has 0 aliphatic carbocycles. The SMILES string of the molecule is CCCNc1nnc(C(=O)Nc2c(C)cc(C)cc2C)s1. The van der Waals surface area contributed by atoms with Crippen molar-refractivity contribution in [3.8, 4) is 0 Å². The van der Waals surface area contributed by atoms with Crippen molar-refractivity contribution in [2.24, 2.45) is 0 Å². The standard InChI is InChI=1S/C15H20N4OS/c1-5-6-16-15-19-18-14(21-15)13(20)17-12-10(3)7-9(2)8-11(12)4/h7-8H,5-6H2,1-4H3,(H,16,19)(H,17,20). The van der Waals surface area contributed by atoms with Crippen LogP contribution in [0.3, 0.4) is 0 Å². The van der Waals surface area contributed by atoms with E-state index in [0.29, 0.717) is 10.1 Å². The Hall–Kier alpha value is -1.95. The second kappa shape index (κ2) is 6.67. The molecule has 0 saturated carbocycles. The fraction of sp³-hybridized carbons (Fsp3) is 0.400. The molecule has 0 radical (unpaired) electrons. The monoisotopic (exact) mass is 304 g/mol. The van der Waals surface area contributed by atoms with Gasteiger partial charge in [0.05, 0.1) is 0 Å². The third-order valence-electron chi connectivity index (χ3n) is 3.06. The zero-order valence-electron chi connectivity index (χ0n) is 12.8. The second-order valence-corrected chi connectivity index (χ2v) is 6.04. The Bertz CT molecular complexity index is 628. The zero-order chi connectivity index (χ0) is 15.4. The van der Waals surface area contributed by atoms with E-state index in [4.69, 9.17) is 0 Å². The van der Waals surface area contributed by atoms with Crippen LogP contribution in [0.25, 0.3) is 0 Å². The van der Waals surface area contributed by atoms with Crippen LogP contribution in [0.1, 0.15) is 39.8 Å². The lowest BCUT2D eigenvalue weighted by molar-refractivity contribution is 0.102. The molecule has 2 aromatic rings. The van der Waals surface area contributed by atoms with Crippen molar-refractivity contribution in [3.63, 3.8) is 0 Å². The summed E-state index contributed by atoms with van der Waals surface area (Å²) >= 11 is 1.27. The van der Waals surface area contributed by atoms with Gasteiger partial charge in [-0.1, -0.05) is 36.0 Å². The first-order chi connectivity index (χ1) is 10.0. The van der Waals surface area contributed by atoms with Gasteiger partial charge in [-0.05, 0) is 38.3 Å². The van der Waals surface area contributed by atoms with E-state index in [-0.39, 0.29) is 5.91 Å². The van der Waals surface area contributed by atoms with Gasteiger partial charge in [-0.15, -0.1) is 10.2 Å². The highest BCUT2D eigenvalue weighted by atomic mass is 32.1. The summed E-state index contributed by atoms with van der Waals surface area (Å²) < 4.78 is 0. The molecule has 1 aromatic carbocycles. The van der Waals surface area contributed by atoms with E-state index in [1.54, 1.807) is 0 Å². The van der Waals surface area contributed by atoms with Gasteiger partial charge in [-0.25, -0.2) is 0 Å².